The van der Waals surface area contributed by atoms with Crippen LogP contribution in [0.1, 0.15) is 34.6 Å². The van der Waals surface area contributed by atoms with Gasteiger partial charge in [0.15, 0.2) is 0 Å². The van der Waals surface area contributed by atoms with Crippen molar-refractivity contribution in [1.29, 1.82) is 0 Å². The molecule has 0 bridgehead atoms. The summed E-state index contributed by atoms with van der Waals surface area (Å²) in [6, 6.07) is -1.31. The molecule has 0 aromatic rings. The fourth-order valence-corrected chi connectivity index (χ4v) is 1.46. The molecule has 8 nitrogen and oxygen atoms in total. The molecule has 0 aromatic carbocycles. The van der Waals surface area contributed by atoms with E-state index in [9.17, 15) is 19.8 Å². The Balaban J connectivity index is 4.74. The third-order valence-corrected chi connectivity index (χ3v) is 2.34. The van der Waals surface area contributed by atoms with Crippen LogP contribution in [0, 0.1) is 0 Å². The molecule has 1 amide bonds. The Kier molecular flexibility index (Phi) is 6.90. The number of nitrogens with one attached hydrogen (secondary N) is 1. The lowest BCUT2D eigenvalue weighted by Gasteiger charge is -2.31. The van der Waals surface area contributed by atoms with Crippen molar-refractivity contribution in [2.45, 2.75) is 58.7 Å². The number of aliphatic carboxylic acids is 1. The lowest BCUT2D eigenvalue weighted by atomic mass is 10.2. The molecule has 0 aliphatic heterocycles. The van der Waals surface area contributed by atoms with E-state index in [4.69, 9.17) is 9.84 Å². The van der Waals surface area contributed by atoms with Gasteiger partial charge in [-0.3, -0.25) is 4.90 Å². The van der Waals surface area contributed by atoms with E-state index in [2.05, 4.69) is 5.32 Å². The number of aliphatic hydroxyl groups is 2. The summed E-state index contributed by atoms with van der Waals surface area (Å²) in [4.78, 5) is 23.8. The zero-order valence-corrected chi connectivity index (χ0v) is 12.5. The highest BCUT2D eigenvalue weighted by Gasteiger charge is 2.28. The predicted molar refractivity (Wildman–Crippen MR) is 70.9 cm³/mol. The number of hydrogen-bond acceptors (Lipinski definition) is 6. The van der Waals surface area contributed by atoms with Gasteiger partial charge in [0.25, 0.3) is 0 Å². The molecule has 0 aromatic heterocycles. The minimum atomic E-state index is -1.31. The van der Waals surface area contributed by atoms with Gasteiger partial charge in [0.2, 0.25) is 0 Å². The third kappa shape index (κ3) is 7.27. The summed E-state index contributed by atoms with van der Waals surface area (Å²) >= 11 is 0. The van der Waals surface area contributed by atoms with Gasteiger partial charge in [-0.15, -0.1) is 0 Å². The number of rotatable bonds is 6. The number of ether oxygens (including phenoxy) is 1. The van der Waals surface area contributed by atoms with Crippen molar-refractivity contribution in [1.82, 2.24) is 10.2 Å². The number of carboxylic acids is 1. The van der Waals surface area contributed by atoms with Gasteiger partial charge in [0.05, 0.1) is 0 Å². The first-order chi connectivity index (χ1) is 8.94. The highest BCUT2D eigenvalue weighted by atomic mass is 16.6. The van der Waals surface area contributed by atoms with E-state index in [0.717, 1.165) is 4.90 Å². The van der Waals surface area contributed by atoms with Gasteiger partial charge >= 0.3 is 12.1 Å². The van der Waals surface area contributed by atoms with E-state index in [1.807, 2.05) is 0 Å². The van der Waals surface area contributed by atoms with Crippen molar-refractivity contribution in [2.24, 2.45) is 0 Å². The summed E-state index contributed by atoms with van der Waals surface area (Å²) in [5, 5.41) is 30.2. The second kappa shape index (κ2) is 7.41. The minimum absolute atomic E-state index is 0.260. The molecule has 0 heterocycles. The fourth-order valence-electron chi connectivity index (χ4n) is 1.46. The van der Waals surface area contributed by atoms with Crippen LogP contribution in [0.5, 0.6) is 0 Å². The van der Waals surface area contributed by atoms with E-state index in [1.54, 1.807) is 20.8 Å². The molecule has 0 saturated heterocycles. The Morgan fingerprint density at radius 1 is 1.20 bits per heavy atom. The van der Waals surface area contributed by atoms with Crippen LogP contribution in [0.3, 0.4) is 0 Å². The molecule has 4 N–H and O–H groups in total. The molecule has 0 aliphatic carbocycles. The van der Waals surface area contributed by atoms with Crippen LogP contribution in [0.15, 0.2) is 0 Å². The van der Waals surface area contributed by atoms with Crippen LogP contribution in [0.4, 0.5) is 4.79 Å². The van der Waals surface area contributed by atoms with Gasteiger partial charge in [-0.05, 0) is 34.6 Å². The number of carbonyl (C=O) groups excluding carboxylic acids is 1. The summed E-state index contributed by atoms with van der Waals surface area (Å²) < 4.78 is 4.96. The number of alkyl carbamates (subject to hydrolysis) is 1. The van der Waals surface area contributed by atoms with E-state index >= 15 is 0 Å². The van der Waals surface area contributed by atoms with Gasteiger partial charge in [0.1, 0.15) is 24.1 Å². The number of carbonyl (C=O) groups is 2. The third-order valence-electron chi connectivity index (χ3n) is 2.34. The van der Waals surface area contributed by atoms with Gasteiger partial charge in [0, 0.05) is 6.54 Å². The molecule has 0 radical (unpaired) electrons. The molecule has 0 saturated carbocycles. The van der Waals surface area contributed by atoms with Crippen LogP contribution in [0.2, 0.25) is 0 Å². The highest BCUT2D eigenvalue weighted by molar-refractivity contribution is 5.80. The van der Waals surface area contributed by atoms with Crippen molar-refractivity contribution in [3.8, 4) is 0 Å². The number of hydrogen-bond donors (Lipinski definition) is 4. The molecular formula is C12H24N2O6. The highest BCUT2D eigenvalue weighted by Crippen LogP contribution is 2.08. The summed E-state index contributed by atoms with van der Waals surface area (Å²) in [6.07, 6.45) is -2.99. The molecule has 0 unspecified atom stereocenters. The Hall–Kier alpha value is -1.38. The number of nitrogens with zero attached hydrogens (tertiary/aromatic N) is 1. The Morgan fingerprint density at radius 2 is 1.65 bits per heavy atom. The first kappa shape index (κ1) is 18.6. The molecular weight excluding hydrogens is 268 g/mol. The zero-order chi connectivity index (χ0) is 16.1. The number of amides is 1. The van der Waals surface area contributed by atoms with Crippen molar-refractivity contribution < 1.29 is 29.6 Å². The maximum absolute atomic E-state index is 11.6. The lowest BCUT2D eigenvalue weighted by Crippen LogP contribution is -2.53. The van der Waals surface area contributed by atoms with E-state index in [0.29, 0.717) is 0 Å². The molecule has 0 spiro atoms. The summed E-state index contributed by atoms with van der Waals surface area (Å²) in [5.41, 5.74) is -0.749. The van der Waals surface area contributed by atoms with Gasteiger partial charge < -0.3 is 25.4 Å². The lowest BCUT2D eigenvalue weighted by molar-refractivity contribution is -0.143. The fraction of sp³-hybridized carbons (Fsp3) is 0.833. The second-order valence-corrected chi connectivity index (χ2v) is 5.50. The Bertz CT molecular complexity index is 329. The van der Waals surface area contributed by atoms with Gasteiger partial charge in [-0.1, -0.05) is 0 Å². The SMILES string of the molecule is C[C@H](O)N(C[C@@H](NC(=O)OC(C)(C)C)C(=O)O)[C@@H](C)O. The largest absolute Gasteiger partial charge is 0.480 e. The van der Waals surface area contributed by atoms with E-state index < -0.39 is 36.2 Å². The van der Waals surface area contributed by atoms with Crippen LogP contribution in [-0.2, 0) is 9.53 Å². The van der Waals surface area contributed by atoms with Crippen LogP contribution in [-0.4, -0.2) is 62.9 Å². The van der Waals surface area contributed by atoms with Crippen LogP contribution < -0.4 is 5.32 Å². The molecule has 8 heteroatoms. The summed E-state index contributed by atoms with van der Waals surface area (Å²) in [5.74, 6) is -1.29. The quantitative estimate of drug-likeness (QED) is 0.506. The first-order valence-corrected chi connectivity index (χ1v) is 6.28. The van der Waals surface area contributed by atoms with Crippen molar-refractivity contribution >= 4 is 12.1 Å². The average molecular weight is 292 g/mol. The summed E-state index contributed by atoms with van der Waals surface area (Å²) in [6.45, 7) is 7.48. The standard InChI is InChI=1S/C12H24N2O6/c1-7(15)14(8(2)16)6-9(10(17)18)13-11(19)20-12(3,4)5/h7-9,15-16H,6H2,1-5H3,(H,13,19)(H,17,18)/t7-,8+,9-/m1/s1. The van der Waals surface area contributed by atoms with E-state index in [-0.39, 0.29) is 6.54 Å². The maximum atomic E-state index is 11.6. The first-order valence-electron chi connectivity index (χ1n) is 6.28. The average Bonchev–Trinajstić information content (AvgIpc) is 2.19. The van der Waals surface area contributed by atoms with E-state index in [1.165, 1.54) is 13.8 Å². The molecule has 118 valence electrons. The van der Waals surface area contributed by atoms with Crippen molar-refractivity contribution in [3.63, 3.8) is 0 Å². The number of aliphatic hydroxyl groups excluding tert-OH is 2. The zero-order valence-electron chi connectivity index (χ0n) is 12.5. The van der Waals surface area contributed by atoms with Crippen LogP contribution in [0.25, 0.3) is 0 Å². The molecule has 0 aliphatic rings. The second-order valence-electron chi connectivity index (χ2n) is 5.50. The van der Waals surface area contributed by atoms with Gasteiger partial charge in [-0.25, -0.2) is 9.59 Å². The normalized spacial score (nSPS) is 16.4. The Morgan fingerprint density at radius 3 is 1.95 bits per heavy atom. The predicted octanol–water partition coefficient (Wildman–Crippen LogP) is -0.0571. The van der Waals surface area contributed by atoms with Crippen molar-refractivity contribution in [3.05, 3.63) is 0 Å². The Labute approximate surface area is 118 Å². The van der Waals surface area contributed by atoms with Crippen LogP contribution >= 0.6 is 0 Å². The topological polar surface area (TPSA) is 119 Å². The smallest absolute Gasteiger partial charge is 0.408 e. The van der Waals surface area contributed by atoms with Crippen molar-refractivity contribution in [2.75, 3.05) is 6.54 Å². The maximum Gasteiger partial charge on any atom is 0.408 e. The molecule has 3 atom stereocenters. The molecule has 20 heavy (non-hydrogen) atoms. The minimum Gasteiger partial charge on any atom is -0.480 e. The van der Waals surface area contributed by atoms with Gasteiger partial charge in [-0.2, -0.15) is 0 Å². The monoisotopic (exact) mass is 292 g/mol. The molecule has 0 fully saturated rings. The number of carboxylic acid groups (broad SMARTS) is 1. The molecule has 0 rings (SSSR count). The summed E-state index contributed by atoms with van der Waals surface area (Å²) in [7, 11) is 0.